The zero-order valence-corrected chi connectivity index (χ0v) is 16.9. The van der Waals surface area contributed by atoms with Gasteiger partial charge in [-0.1, -0.05) is 11.6 Å². The summed E-state index contributed by atoms with van der Waals surface area (Å²) in [6.45, 7) is 0. The molecule has 1 saturated carbocycles. The number of anilines is 2. The molecule has 9 heteroatoms. The largest absolute Gasteiger partial charge is 0.298 e. The van der Waals surface area contributed by atoms with Crippen molar-refractivity contribution in [3.63, 3.8) is 0 Å². The van der Waals surface area contributed by atoms with Crippen LogP contribution >= 0.6 is 22.9 Å². The van der Waals surface area contributed by atoms with Crippen molar-refractivity contribution in [2.75, 3.05) is 10.0 Å². The molecule has 2 N–H and O–H groups in total. The number of carbonyl (C=O) groups is 1. The third kappa shape index (κ3) is 4.35. The van der Waals surface area contributed by atoms with Crippen molar-refractivity contribution in [2.24, 2.45) is 0 Å². The van der Waals surface area contributed by atoms with Crippen LogP contribution in [0.2, 0.25) is 5.02 Å². The number of rotatable bonds is 6. The predicted molar refractivity (Wildman–Crippen MR) is 111 cm³/mol. The minimum absolute atomic E-state index is 0.0595. The van der Waals surface area contributed by atoms with Gasteiger partial charge in [-0.3, -0.25) is 14.8 Å². The number of hydrogen-bond donors (Lipinski definition) is 2. The van der Waals surface area contributed by atoms with Crippen LogP contribution in [0.1, 0.15) is 34.8 Å². The first-order valence-electron chi connectivity index (χ1n) is 8.56. The number of aromatic nitrogens is 1. The molecule has 0 aliphatic heterocycles. The molecule has 0 spiro atoms. The summed E-state index contributed by atoms with van der Waals surface area (Å²) >= 11 is 7.20. The van der Waals surface area contributed by atoms with Gasteiger partial charge in [-0.15, -0.1) is 11.3 Å². The van der Waals surface area contributed by atoms with Gasteiger partial charge in [0, 0.05) is 27.6 Å². The first kappa shape index (κ1) is 18.9. The topological polar surface area (TPSA) is 88.2 Å². The van der Waals surface area contributed by atoms with E-state index in [0.29, 0.717) is 27.3 Å². The van der Waals surface area contributed by atoms with Crippen LogP contribution in [0.3, 0.4) is 0 Å². The minimum Gasteiger partial charge on any atom is -0.298 e. The lowest BCUT2D eigenvalue weighted by Crippen LogP contribution is -2.14. The van der Waals surface area contributed by atoms with E-state index in [1.807, 2.05) is 5.38 Å². The zero-order valence-electron chi connectivity index (χ0n) is 14.6. The summed E-state index contributed by atoms with van der Waals surface area (Å²) in [6, 6.07) is 12.1. The van der Waals surface area contributed by atoms with Crippen LogP contribution in [0.15, 0.2) is 58.8 Å². The molecular weight excluding hydrogens is 418 g/mol. The van der Waals surface area contributed by atoms with Crippen LogP contribution in [0.4, 0.5) is 10.8 Å². The Morgan fingerprint density at radius 2 is 1.75 bits per heavy atom. The van der Waals surface area contributed by atoms with Crippen LogP contribution in [-0.2, 0) is 10.0 Å². The summed E-state index contributed by atoms with van der Waals surface area (Å²) < 4.78 is 27.4. The van der Waals surface area contributed by atoms with E-state index in [9.17, 15) is 13.2 Å². The molecule has 6 nitrogen and oxygen atoms in total. The predicted octanol–water partition coefficient (Wildman–Crippen LogP) is 4.73. The van der Waals surface area contributed by atoms with E-state index in [-0.39, 0.29) is 10.8 Å². The molecule has 2 aromatic carbocycles. The van der Waals surface area contributed by atoms with Gasteiger partial charge in [-0.05, 0) is 61.4 Å². The van der Waals surface area contributed by atoms with Crippen molar-refractivity contribution in [3.05, 3.63) is 70.2 Å². The molecule has 1 aliphatic rings. The van der Waals surface area contributed by atoms with E-state index in [1.54, 1.807) is 24.3 Å². The molecule has 144 valence electrons. The number of hydrogen-bond acceptors (Lipinski definition) is 5. The van der Waals surface area contributed by atoms with Crippen LogP contribution in [-0.4, -0.2) is 19.3 Å². The van der Waals surface area contributed by atoms with E-state index in [4.69, 9.17) is 11.6 Å². The van der Waals surface area contributed by atoms with Crippen molar-refractivity contribution in [1.82, 2.24) is 4.98 Å². The zero-order chi connectivity index (χ0) is 19.7. The molecule has 0 unspecified atom stereocenters. The van der Waals surface area contributed by atoms with Gasteiger partial charge >= 0.3 is 0 Å². The average Bonchev–Trinajstić information content (AvgIpc) is 3.43. The SMILES string of the molecule is O=C(Nc1nc(C2CC2)cs1)c1ccc(S(=O)(=O)Nc2ccc(Cl)cc2)cc1. The lowest BCUT2D eigenvalue weighted by atomic mass is 10.2. The number of benzene rings is 2. The normalized spacial score (nSPS) is 13.9. The number of amides is 1. The maximum absolute atomic E-state index is 12.5. The monoisotopic (exact) mass is 433 g/mol. The minimum atomic E-state index is -3.76. The van der Waals surface area contributed by atoms with E-state index < -0.39 is 10.0 Å². The third-order valence-corrected chi connectivity index (χ3v) is 6.69. The van der Waals surface area contributed by atoms with Gasteiger partial charge in [0.2, 0.25) is 0 Å². The summed E-state index contributed by atoms with van der Waals surface area (Å²) in [5.41, 5.74) is 1.78. The fraction of sp³-hybridized carbons (Fsp3) is 0.158. The highest BCUT2D eigenvalue weighted by atomic mass is 35.5. The first-order valence-corrected chi connectivity index (χ1v) is 11.3. The molecule has 1 amide bonds. The van der Waals surface area contributed by atoms with Crippen LogP contribution in [0, 0.1) is 0 Å². The Bertz CT molecular complexity index is 1110. The summed E-state index contributed by atoms with van der Waals surface area (Å²) in [6.07, 6.45) is 2.30. The molecule has 3 aromatic rings. The Labute approximate surface area is 171 Å². The second-order valence-electron chi connectivity index (χ2n) is 6.44. The standard InChI is InChI=1S/C19H16ClN3O3S2/c20-14-5-7-15(8-6-14)23-28(25,26)16-9-3-13(4-10-16)18(24)22-19-21-17(11-27-19)12-1-2-12/h3-12,23H,1-2H2,(H,21,22,24). The molecule has 1 fully saturated rings. The van der Waals surface area contributed by atoms with Crippen molar-refractivity contribution in [1.29, 1.82) is 0 Å². The molecule has 4 rings (SSSR count). The lowest BCUT2D eigenvalue weighted by Gasteiger charge is -2.09. The van der Waals surface area contributed by atoms with Gasteiger partial charge in [-0.25, -0.2) is 13.4 Å². The van der Waals surface area contributed by atoms with Gasteiger partial charge in [0.25, 0.3) is 15.9 Å². The van der Waals surface area contributed by atoms with Crippen molar-refractivity contribution in [3.8, 4) is 0 Å². The number of nitrogens with one attached hydrogen (secondary N) is 2. The first-order chi connectivity index (χ1) is 13.4. The molecule has 0 radical (unpaired) electrons. The average molecular weight is 434 g/mol. The van der Waals surface area contributed by atoms with Crippen molar-refractivity contribution >= 4 is 49.7 Å². The summed E-state index contributed by atoms with van der Waals surface area (Å²) in [7, 11) is -3.76. The fourth-order valence-electron chi connectivity index (χ4n) is 2.60. The Morgan fingerprint density at radius 3 is 2.39 bits per heavy atom. The molecule has 0 bridgehead atoms. The second kappa shape index (κ2) is 7.54. The van der Waals surface area contributed by atoms with Crippen LogP contribution < -0.4 is 10.0 Å². The second-order valence-corrected chi connectivity index (χ2v) is 9.42. The van der Waals surface area contributed by atoms with E-state index in [2.05, 4.69) is 15.0 Å². The third-order valence-electron chi connectivity index (χ3n) is 4.26. The van der Waals surface area contributed by atoms with E-state index in [0.717, 1.165) is 18.5 Å². The lowest BCUT2D eigenvalue weighted by molar-refractivity contribution is 0.102. The molecule has 0 atom stereocenters. The summed E-state index contributed by atoms with van der Waals surface area (Å²) in [5, 5.41) is 5.78. The maximum Gasteiger partial charge on any atom is 0.261 e. The molecule has 0 saturated heterocycles. The summed E-state index contributed by atoms with van der Waals surface area (Å²) in [4.78, 5) is 16.8. The maximum atomic E-state index is 12.5. The number of halogens is 1. The van der Waals surface area contributed by atoms with Gasteiger partial charge in [0.1, 0.15) is 0 Å². The Balaban J connectivity index is 1.44. The fourth-order valence-corrected chi connectivity index (χ4v) is 4.57. The van der Waals surface area contributed by atoms with Gasteiger partial charge < -0.3 is 0 Å². The highest BCUT2D eigenvalue weighted by Gasteiger charge is 2.26. The van der Waals surface area contributed by atoms with Gasteiger partial charge in [0.05, 0.1) is 10.6 Å². The number of sulfonamides is 1. The molecule has 1 heterocycles. The Kier molecular flexibility index (Phi) is 5.09. The molecule has 28 heavy (non-hydrogen) atoms. The highest BCUT2D eigenvalue weighted by Crippen LogP contribution is 2.40. The number of thiazole rings is 1. The summed E-state index contributed by atoms with van der Waals surface area (Å²) in [5.74, 6) is 0.200. The van der Waals surface area contributed by atoms with Crippen molar-refractivity contribution in [2.45, 2.75) is 23.7 Å². The Morgan fingerprint density at radius 1 is 1.07 bits per heavy atom. The van der Waals surface area contributed by atoms with Gasteiger partial charge in [0.15, 0.2) is 5.13 Å². The highest BCUT2D eigenvalue weighted by molar-refractivity contribution is 7.92. The Hall–Kier alpha value is -2.42. The molecule has 1 aliphatic carbocycles. The van der Waals surface area contributed by atoms with Crippen LogP contribution in [0.25, 0.3) is 0 Å². The molecule has 1 aromatic heterocycles. The number of nitrogens with zero attached hydrogens (tertiary/aromatic N) is 1. The quantitative estimate of drug-likeness (QED) is 0.588. The molecular formula is C19H16ClN3O3S2. The van der Waals surface area contributed by atoms with E-state index >= 15 is 0 Å². The smallest absolute Gasteiger partial charge is 0.261 e. The van der Waals surface area contributed by atoms with Crippen LogP contribution in [0.5, 0.6) is 0 Å². The van der Waals surface area contributed by atoms with E-state index in [1.165, 1.54) is 35.6 Å². The van der Waals surface area contributed by atoms with Gasteiger partial charge in [-0.2, -0.15) is 0 Å². The van der Waals surface area contributed by atoms with Crippen molar-refractivity contribution < 1.29 is 13.2 Å². The number of carbonyl (C=O) groups excluding carboxylic acids is 1.